The minimum absolute atomic E-state index is 0.275. The van der Waals surface area contributed by atoms with Gasteiger partial charge in [-0.1, -0.05) is 36.9 Å². The van der Waals surface area contributed by atoms with E-state index in [1.807, 2.05) is 42.5 Å². The minimum atomic E-state index is -0.417. The predicted molar refractivity (Wildman–Crippen MR) is 138 cm³/mol. The van der Waals surface area contributed by atoms with Crippen LogP contribution in [0, 0.1) is 0 Å². The molecule has 0 spiro atoms. The molecule has 0 unspecified atom stereocenters. The van der Waals surface area contributed by atoms with Gasteiger partial charge in [-0.25, -0.2) is 19.7 Å². The lowest BCUT2D eigenvalue weighted by molar-refractivity contribution is -0.111. The zero-order valence-corrected chi connectivity index (χ0v) is 19.3. The second kappa shape index (κ2) is 10.1. The SMILES string of the molecule is C=CC(=O)Nc1cccc(-c2cccc3cnc(Nc4ccc(NOC(=O)N5CCC5)nc4)nc23)c1. The lowest BCUT2D eigenvalue weighted by Crippen LogP contribution is -2.43. The van der Waals surface area contributed by atoms with Gasteiger partial charge in [-0.2, -0.15) is 5.48 Å². The van der Waals surface area contributed by atoms with Gasteiger partial charge in [0.2, 0.25) is 11.9 Å². The number of carbonyl (C=O) groups excluding carboxylic acids is 2. The third kappa shape index (κ3) is 5.07. The fourth-order valence-corrected chi connectivity index (χ4v) is 3.62. The Hall–Kier alpha value is -4.99. The number of hydrogen-bond donors (Lipinski definition) is 3. The van der Waals surface area contributed by atoms with Gasteiger partial charge in [0.15, 0.2) is 5.82 Å². The van der Waals surface area contributed by atoms with E-state index < -0.39 is 6.09 Å². The zero-order valence-electron chi connectivity index (χ0n) is 19.3. The van der Waals surface area contributed by atoms with Crippen LogP contribution in [0.3, 0.4) is 0 Å². The summed E-state index contributed by atoms with van der Waals surface area (Å²) >= 11 is 0. The predicted octanol–water partition coefficient (Wildman–Crippen LogP) is 4.73. The van der Waals surface area contributed by atoms with Gasteiger partial charge in [0.05, 0.1) is 17.4 Å². The lowest BCUT2D eigenvalue weighted by atomic mass is 10.0. The van der Waals surface area contributed by atoms with Crippen LogP contribution in [0.4, 0.5) is 27.9 Å². The topological polar surface area (TPSA) is 121 Å². The largest absolute Gasteiger partial charge is 0.434 e. The molecule has 1 aliphatic heterocycles. The van der Waals surface area contributed by atoms with Crippen LogP contribution in [-0.4, -0.2) is 44.9 Å². The van der Waals surface area contributed by atoms with Crippen molar-refractivity contribution >= 4 is 46.0 Å². The molecule has 0 bridgehead atoms. The van der Waals surface area contributed by atoms with Crippen LogP contribution in [0.15, 0.2) is 79.6 Å². The van der Waals surface area contributed by atoms with Crippen LogP contribution in [0.1, 0.15) is 6.42 Å². The van der Waals surface area contributed by atoms with Gasteiger partial charge in [0.1, 0.15) is 0 Å². The van der Waals surface area contributed by atoms with Crippen molar-refractivity contribution in [2.45, 2.75) is 6.42 Å². The molecule has 1 saturated heterocycles. The number of amides is 2. The Labute approximate surface area is 207 Å². The van der Waals surface area contributed by atoms with E-state index in [1.54, 1.807) is 29.4 Å². The van der Waals surface area contributed by atoms with Gasteiger partial charge in [-0.15, -0.1) is 0 Å². The van der Waals surface area contributed by atoms with Gasteiger partial charge < -0.3 is 20.4 Å². The van der Waals surface area contributed by atoms with Gasteiger partial charge in [-0.3, -0.25) is 4.79 Å². The summed E-state index contributed by atoms with van der Waals surface area (Å²) in [6, 6.07) is 16.8. The first-order valence-corrected chi connectivity index (χ1v) is 11.3. The van der Waals surface area contributed by atoms with E-state index in [0.29, 0.717) is 36.2 Å². The summed E-state index contributed by atoms with van der Waals surface area (Å²) in [7, 11) is 0. The number of para-hydroxylation sites is 1. The first-order valence-electron chi connectivity index (χ1n) is 11.3. The number of aromatic nitrogens is 3. The number of carbonyl (C=O) groups is 2. The molecule has 4 aromatic rings. The molecule has 0 saturated carbocycles. The summed E-state index contributed by atoms with van der Waals surface area (Å²) < 4.78 is 0. The molecule has 2 aromatic carbocycles. The maximum absolute atomic E-state index is 11.8. The van der Waals surface area contributed by atoms with E-state index in [2.05, 4.69) is 32.7 Å². The molecule has 1 aliphatic rings. The van der Waals surface area contributed by atoms with Crippen LogP contribution in [0.25, 0.3) is 22.0 Å². The van der Waals surface area contributed by atoms with Crippen molar-refractivity contribution in [2.75, 3.05) is 29.2 Å². The molecule has 0 aliphatic carbocycles. The average molecular weight is 482 g/mol. The second-order valence-electron chi connectivity index (χ2n) is 8.08. The highest BCUT2D eigenvalue weighted by Crippen LogP contribution is 2.30. The quantitative estimate of drug-likeness (QED) is 0.256. The van der Waals surface area contributed by atoms with E-state index in [0.717, 1.165) is 28.5 Å². The van der Waals surface area contributed by atoms with Crippen molar-refractivity contribution in [1.29, 1.82) is 0 Å². The Kier molecular flexibility index (Phi) is 6.39. The van der Waals surface area contributed by atoms with Crippen molar-refractivity contribution in [3.8, 4) is 11.1 Å². The standard InChI is InChI=1S/C26H23N7O3/c1-2-23(34)29-19-8-3-6-17(14-19)21-9-4-7-18-15-28-25(31-24(18)21)30-20-10-11-22(27-16-20)32-36-26(35)33-12-5-13-33/h2-4,6-11,14-16H,1,5,12-13H2,(H,27,32)(H,29,34)(H,28,30,31). The molecule has 10 heteroatoms. The number of nitrogens with zero attached hydrogens (tertiary/aromatic N) is 4. The Balaban J connectivity index is 1.33. The second-order valence-corrected chi connectivity index (χ2v) is 8.08. The molecular formula is C26H23N7O3. The third-order valence-electron chi connectivity index (χ3n) is 5.61. The number of rotatable bonds is 7. The van der Waals surface area contributed by atoms with Crippen molar-refractivity contribution in [3.63, 3.8) is 0 Å². The summed E-state index contributed by atoms with van der Waals surface area (Å²) in [5, 5.41) is 6.81. The van der Waals surface area contributed by atoms with Gasteiger partial charge in [-0.05, 0) is 42.3 Å². The van der Waals surface area contributed by atoms with Gasteiger partial charge >= 0.3 is 6.09 Å². The first-order chi connectivity index (χ1) is 17.6. The van der Waals surface area contributed by atoms with E-state index >= 15 is 0 Å². The number of anilines is 4. The molecular weight excluding hydrogens is 458 g/mol. The van der Waals surface area contributed by atoms with E-state index in [9.17, 15) is 9.59 Å². The van der Waals surface area contributed by atoms with Crippen LogP contribution in [-0.2, 0) is 9.63 Å². The summed E-state index contributed by atoms with van der Waals surface area (Å²) in [6.07, 6.45) is 5.14. The molecule has 0 radical (unpaired) electrons. The van der Waals surface area contributed by atoms with Gasteiger partial charge in [0, 0.05) is 35.9 Å². The van der Waals surface area contributed by atoms with Crippen molar-refractivity contribution < 1.29 is 14.4 Å². The van der Waals surface area contributed by atoms with E-state index in [-0.39, 0.29) is 5.91 Å². The monoisotopic (exact) mass is 481 g/mol. The number of hydrogen-bond acceptors (Lipinski definition) is 8. The number of pyridine rings is 1. The van der Waals surface area contributed by atoms with Crippen LogP contribution >= 0.6 is 0 Å². The molecule has 180 valence electrons. The highest BCUT2D eigenvalue weighted by atomic mass is 16.7. The fourth-order valence-electron chi connectivity index (χ4n) is 3.62. The maximum Gasteiger partial charge on any atom is 0.434 e. The average Bonchev–Trinajstić information content (AvgIpc) is 2.87. The normalized spacial score (nSPS) is 12.4. The molecule has 5 rings (SSSR count). The third-order valence-corrected chi connectivity index (χ3v) is 5.61. The van der Waals surface area contributed by atoms with E-state index in [1.165, 1.54) is 6.08 Å². The minimum Gasteiger partial charge on any atom is -0.323 e. The molecule has 3 heterocycles. The number of likely N-dealkylation sites (tertiary alicyclic amines) is 1. The molecule has 2 aromatic heterocycles. The Morgan fingerprint density at radius 3 is 2.61 bits per heavy atom. The zero-order chi connectivity index (χ0) is 24.9. The Bertz CT molecular complexity index is 1440. The molecule has 36 heavy (non-hydrogen) atoms. The fraction of sp³-hybridized carbons (Fsp3) is 0.115. The van der Waals surface area contributed by atoms with Crippen LogP contribution in [0.2, 0.25) is 0 Å². The smallest absolute Gasteiger partial charge is 0.323 e. The number of nitrogens with one attached hydrogen (secondary N) is 3. The van der Waals surface area contributed by atoms with Crippen molar-refractivity contribution in [1.82, 2.24) is 19.9 Å². The van der Waals surface area contributed by atoms with Crippen LogP contribution in [0.5, 0.6) is 0 Å². The summed E-state index contributed by atoms with van der Waals surface area (Å²) in [6.45, 7) is 4.91. The molecule has 0 atom stereocenters. The highest BCUT2D eigenvalue weighted by molar-refractivity contribution is 6.00. The maximum atomic E-state index is 11.8. The molecule has 10 nitrogen and oxygen atoms in total. The lowest BCUT2D eigenvalue weighted by Gasteiger charge is -2.29. The Morgan fingerprint density at radius 1 is 1.00 bits per heavy atom. The van der Waals surface area contributed by atoms with Crippen molar-refractivity contribution in [2.24, 2.45) is 0 Å². The molecule has 2 amide bonds. The molecule has 3 N–H and O–H groups in total. The first kappa shape index (κ1) is 22.8. The number of fused-ring (bicyclic) bond motifs is 1. The summed E-state index contributed by atoms with van der Waals surface area (Å²) in [4.78, 5) is 43.5. The highest BCUT2D eigenvalue weighted by Gasteiger charge is 2.21. The molecule has 1 fully saturated rings. The number of benzene rings is 2. The summed E-state index contributed by atoms with van der Waals surface area (Å²) in [5.41, 5.74) is 6.45. The van der Waals surface area contributed by atoms with Crippen molar-refractivity contribution in [3.05, 3.63) is 79.6 Å². The Morgan fingerprint density at radius 2 is 1.86 bits per heavy atom. The summed E-state index contributed by atoms with van der Waals surface area (Å²) in [5.74, 6) is 0.528. The van der Waals surface area contributed by atoms with Crippen LogP contribution < -0.4 is 16.1 Å². The van der Waals surface area contributed by atoms with E-state index in [4.69, 9.17) is 9.82 Å². The van der Waals surface area contributed by atoms with Gasteiger partial charge in [0.25, 0.3) is 0 Å².